The number of halogens is 1. The highest BCUT2D eigenvalue weighted by Gasteiger charge is 2.11. The molecule has 0 fully saturated rings. The van der Waals surface area contributed by atoms with E-state index in [0.29, 0.717) is 0 Å². The van der Waals surface area contributed by atoms with Gasteiger partial charge in [-0.05, 0) is 54.2 Å². The van der Waals surface area contributed by atoms with Gasteiger partial charge in [0.25, 0.3) is 0 Å². The maximum absolute atomic E-state index is 5.55. The molecule has 3 rings (SSSR count). The Morgan fingerprint density at radius 2 is 2.00 bits per heavy atom. The Labute approximate surface area is 172 Å². The molecule has 140 valence electrons. The molecule has 0 saturated carbocycles. The maximum Gasteiger partial charge on any atom is 0.190 e. The molecule has 0 atom stereocenters. The lowest BCUT2D eigenvalue weighted by Gasteiger charge is -2.13. The molecule has 2 N–H and O–H groups in total. The monoisotopic (exact) mass is 466 g/mol. The van der Waals surface area contributed by atoms with Gasteiger partial charge in [0.05, 0.1) is 6.61 Å². The molecule has 0 amide bonds. The van der Waals surface area contributed by atoms with Crippen molar-refractivity contribution in [1.82, 2.24) is 15.6 Å². The summed E-state index contributed by atoms with van der Waals surface area (Å²) in [6.45, 7) is 4.61. The fraction of sp³-hybridized carbons (Fsp3) is 0.400. The van der Waals surface area contributed by atoms with Gasteiger partial charge < -0.3 is 15.4 Å². The van der Waals surface area contributed by atoms with Gasteiger partial charge in [-0.1, -0.05) is 12.1 Å². The highest BCUT2D eigenvalue weighted by Crippen LogP contribution is 2.25. The van der Waals surface area contributed by atoms with E-state index in [0.717, 1.165) is 50.7 Å². The van der Waals surface area contributed by atoms with E-state index in [-0.39, 0.29) is 24.0 Å². The number of ether oxygens (including phenoxy) is 1. The number of rotatable bonds is 6. The van der Waals surface area contributed by atoms with Crippen LogP contribution < -0.4 is 15.4 Å². The van der Waals surface area contributed by atoms with Gasteiger partial charge in [0.15, 0.2) is 5.96 Å². The first-order valence-corrected chi connectivity index (χ1v) is 8.85. The van der Waals surface area contributed by atoms with Crippen LogP contribution in [0.25, 0.3) is 0 Å². The van der Waals surface area contributed by atoms with Crippen LogP contribution in [0.15, 0.2) is 41.7 Å². The standard InChI is InChI=1S/C20H26N4O.HI/c1-15-14-22-9-6-17(15)7-11-24-20(21-2)23-10-5-16-3-4-19-18(13-16)8-12-25-19;/h3-4,6,9,13-14H,5,7-8,10-12H2,1-2H3,(H2,21,23,24);1H. The number of guanidine groups is 1. The Kier molecular flexibility index (Phi) is 8.15. The minimum absolute atomic E-state index is 0. The number of hydrogen-bond donors (Lipinski definition) is 2. The van der Waals surface area contributed by atoms with Gasteiger partial charge in [0.1, 0.15) is 5.75 Å². The third-order valence-corrected chi connectivity index (χ3v) is 4.51. The predicted molar refractivity (Wildman–Crippen MR) is 117 cm³/mol. The fourth-order valence-electron chi connectivity index (χ4n) is 3.04. The number of hydrogen-bond acceptors (Lipinski definition) is 3. The SMILES string of the molecule is CN=C(NCCc1ccc2c(c1)CCO2)NCCc1ccncc1C.I. The minimum Gasteiger partial charge on any atom is -0.493 e. The van der Waals surface area contributed by atoms with Crippen molar-refractivity contribution in [3.05, 3.63) is 58.9 Å². The number of aliphatic imine (C=N–C) groups is 1. The van der Waals surface area contributed by atoms with Crippen LogP contribution in [0.2, 0.25) is 0 Å². The normalized spacial score (nSPS) is 12.8. The van der Waals surface area contributed by atoms with E-state index in [1.165, 1.54) is 22.3 Å². The van der Waals surface area contributed by atoms with Gasteiger partial charge in [-0.3, -0.25) is 9.98 Å². The Morgan fingerprint density at radius 3 is 2.77 bits per heavy atom. The van der Waals surface area contributed by atoms with Gasteiger partial charge in [0.2, 0.25) is 0 Å². The lowest BCUT2D eigenvalue weighted by Crippen LogP contribution is -2.39. The first-order chi connectivity index (χ1) is 12.3. The smallest absolute Gasteiger partial charge is 0.190 e. The van der Waals surface area contributed by atoms with E-state index in [1.807, 2.05) is 12.4 Å². The third kappa shape index (κ3) is 5.59. The Hall–Kier alpha value is -1.83. The molecule has 2 aromatic rings. The van der Waals surface area contributed by atoms with E-state index in [1.54, 1.807) is 7.05 Å². The van der Waals surface area contributed by atoms with Crippen LogP contribution in [0.5, 0.6) is 5.75 Å². The first kappa shape index (κ1) is 20.5. The number of fused-ring (bicyclic) bond motifs is 1. The summed E-state index contributed by atoms with van der Waals surface area (Å²) in [5, 5.41) is 6.75. The molecule has 1 aromatic carbocycles. The summed E-state index contributed by atoms with van der Waals surface area (Å²) >= 11 is 0. The number of nitrogens with zero attached hydrogens (tertiary/aromatic N) is 2. The zero-order valence-corrected chi connectivity index (χ0v) is 17.7. The van der Waals surface area contributed by atoms with Crippen LogP contribution in [0, 0.1) is 6.92 Å². The lowest BCUT2D eigenvalue weighted by atomic mass is 10.1. The van der Waals surface area contributed by atoms with Gasteiger partial charge in [-0.25, -0.2) is 0 Å². The van der Waals surface area contributed by atoms with Crippen molar-refractivity contribution in [3.63, 3.8) is 0 Å². The number of benzene rings is 1. The average Bonchev–Trinajstić information content (AvgIpc) is 3.09. The number of aryl methyl sites for hydroxylation is 1. The molecule has 5 nitrogen and oxygen atoms in total. The molecule has 0 unspecified atom stereocenters. The molecule has 1 aliphatic rings. The average molecular weight is 466 g/mol. The highest BCUT2D eigenvalue weighted by atomic mass is 127. The second kappa shape index (κ2) is 10.4. The molecule has 0 spiro atoms. The van der Waals surface area contributed by atoms with E-state index in [4.69, 9.17) is 4.74 Å². The van der Waals surface area contributed by atoms with Crippen molar-refractivity contribution in [1.29, 1.82) is 0 Å². The predicted octanol–water partition coefficient (Wildman–Crippen LogP) is 2.89. The zero-order chi connectivity index (χ0) is 17.5. The molecule has 1 aromatic heterocycles. The summed E-state index contributed by atoms with van der Waals surface area (Å²) in [5.74, 6) is 1.89. The van der Waals surface area contributed by atoms with Crippen LogP contribution >= 0.6 is 24.0 Å². The third-order valence-electron chi connectivity index (χ3n) is 4.51. The molecular weight excluding hydrogens is 439 g/mol. The molecule has 2 heterocycles. The molecule has 0 bridgehead atoms. The van der Waals surface area contributed by atoms with Crippen molar-refractivity contribution in [2.24, 2.45) is 4.99 Å². The van der Waals surface area contributed by atoms with Gasteiger partial charge >= 0.3 is 0 Å². The van der Waals surface area contributed by atoms with E-state index < -0.39 is 0 Å². The lowest BCUT2D eigenvalue weighted by molar-refractivity contribution is 0.357. The number of aromatic nitrogens is 1. The van der Waals surface area contributed by atoms with Crippen molar-refractivity contribution >= 4 is 29.9 Å². The second-order valence-corrected chi connectivity index (χ2v) is 6.27. The maximum atomic E-state index is 5.55. The summed E-state index contributed by atoms with van der Waals surface area (Å²) < 4.78 is 5.55. The van der Waals surface area contributed by atoms with Crippen molar-refractivity contribution in [3.8, 4) is 5.75 Å². The second-order valence-electron chi connectivity index (χ2n) is 6.27. The largest absolute Gasteiger partial charge is 0.493 e. The molecule has 6 heteroatoms. The summed E-state index contributed by atoms with van der Waals surface area (Å²) in [6, 6.07) is 8.56. The molecular formula is C20H27IN4O. The van der Waals surface area contributed by atoms with Gasteiger partial charge in [-0.2, -0.15) is 0 Å². The Balaban J connectivity index is 0.00000243. The van der Waals surface area contributed by atoms with Crippen molar-refractivity contribution < 1.29 is 4.74 Å². The minimum atomic E-state index is 0. The molecule has 0 saturated heterocycles. The van der Waals surface area contributed by atoms with Crippen LogP contribution in [0.4, 0.5) is 0 Å². The fourth-order valence-corrected chi connectivity index (χ4v) is 3.04. The molecule has 26 heavy (non-hydrogen) atoms. The van der Waals surface area contributed by atoms with Crippen molar-refractivity contribution in [2.45, 2.75) is 26.2 Å². The van der Waals surface area contributed by atoms with E-state index in [9.17, 15) is 0 Å². The Bertz CT molecular complexity index is 748. The van der Waals surface area contributed by atoms with Gasteiger partial charge in [-0.15, -0.1) is 24.0 Å². The van der Waals surface area contributed by atoms with Gasteiger partial charge in [0, 0.05) is 39.0 Å². The van der Waals surface area contributed by atoms with Crippen LogP contribution in [-0.4, -0.2) is 37.7 Å². The molecule has 0 aliphatic carbocycles. The quantitative estimate of drug-likeness (QED) is 0.391. The highest BCUT2D eigenvalue weighted by molar-refractivity contribution is 14.0. The number of pyridine rings is 1. The first-order valence-electron chi connectivity index (χ1n) is 8.85. The van der Waals surface area contributed by atoms with Crippen LogP contribution in [0.1, 0.15) is 22.3 Å². The van der Waals surface area contributed by atoms with Crippen LogP contribution in [0.3, 0.4) is 0 Å². The van der Waals surface area contributed by atoms with Crippen molar-refractivity contribution in [2.75, 3.05) is 26.7 Å². The van der Waals surface area contributed by atoms with E-state index in [2.05, 4.69) is 51.8 Å². The summed E-state index contributed by atoms with van der Waals surface area (Å²) in [7, 11) is 1.81. The molecule has 0 radical (unpaired) electrons. The Morgan fingerprint density at radius 1 is 1.19 bits per heavy atom. The van der Waals surface area contributed by atoms with Crippen LogP contribution in [-0.2, 0) is 19.3 Å². The summed E-state index contributed by atoms with van der Waals surface area (Å²) in [6.07, 6.45) is 6.70. The topological polar surface area (TPSA) is 58.5 Å². The molecule has 1 aliphatic heterocycles. The zero-order valence-electron chi connectivity index (χ0n) is 15.4. The number of nitrogens with one attached hydrogen (secondary N) is 2. The summed E-state index contributed by atoms with van der Waals surface area (Å²) in [5.41, 5.74) is 5.21. The van der Waals surface area contributed by atoms with E-state index >= 15 is 0 Å². The summed E-state index contributed by atoms with van der Waals surface area (Å²) in [4.78, 5) is 8.42.